The summed E-state index contributed by atoms with van der Waals surface area (Å²) >= 11 is 0. The molecule has 1 atom stereocenters. The summed E-state index contributed by atoms with van der Waals surface area (Å²) in [6, 6.07) is 2.59. The van der Waals surface area contributed by atoms with E-state index in [4.69, 9.17) is 0 Å². The van der Waals surface area contributed by atoms with Crippen molar-refractivity contribution in [3.05, 3.63) is 54.1 Å². The molecule has 0 fully saturated rings. The van der Waals surface area contributed by atoms with Crippen molar-refractivity contribution in [2.45, 2.75) is 38.6 Å². The van der Waals surface area contributed by atoms with Gasteiger partial charge in [0, 0.05) is 13.1 Å². The Labute approximate surface area is 145 Å². The van der Waals surface area contributed by atoms with Crippen molar-refractivity contribution in [2.24, 2.45) is 0 Å². The zero-order chi connectivity index (χ0) is 18.5. The summed E-state index contributed by atoms with van der Waals surface area (Å²) in [6.45, 7) is 15.0. The van der Waals surface area contributed by atoms with Crippen LogP contribution in [0.1, 0.15) is 23.6 Å². The summed E-state index contributed by atoms with van der Waals surface area (Å²) < 4.78 is 27.8. The predicted molar refractivity (Wildman–Crippen MR) is 97.4 cm³/mol. The largest absolute Gasteiger partial charge is 0.334 e. The molecule has 132 valence electrons. The highest BCUT2D eigenvalue weighted by Gasteiger charge is 2.26. The zero-order valence-electron chi connectivity index (χ0n) is 14.8. The topological polar surface area (TPSA) is 66.5 Å². The Kier molecular flexibility index (Phi) is 6.93. The lowest BCUT2D eigenvalue weighted by Gasteiger charge is -2.24. The van der Waals surface area contributed by atoms with Crippen LogP contribution in [0, 0.1) is 20.8 Å². The second-order valence-corrected chi connectivity index (χ2v) is 7.55. The number of aryl methyl sites for hydroxylation is 3. The van der Waals surface area contributed by atoms with Gasteiger partial charge in [-0.2, -0.15) is 4.72 Å². The van der Waals surface area contributed by atoms with E-state index in [1.807, 2.05) is 19.9 Å². The minimum Gasteiger partial charge on any atom is -0.334 e. The summed E-state index contributed by atoms with van der Waals surface area (Å²) in [5.74, 6) is -0.320. The second-order valence-electron chi connectivity index (χ2n) is 5.87. The van der Waals surface area contributed by atoms with Crippen LogP contribution >= 0.6 is 0 Å². The molecular weight excluding hydrogens is 324 g/mol. The van der Waals surface area contributed by atoms with Gasteiger partial charge in [0.05, 0.1) is 10.9 Å². The Hall–Kier alpha value is -1.92. The Morgan fingerprint density at radius 1 is 1.12 bits per heavy atom. The van der Waals surface area contributed by atoms with Crippen LogP contribution < -0.4 is 4.72 Å². The van der Waals surface area contributed by atoms with Crippen molar-refractivity contribution in [3.8, 4) is 0 Å². The number of hydrogen-bond donors (Lipinski definition) is 1. The first-order valence-electron chi connectivity index (χ1n) is 7.74. The van der Waals surface area contributed by atoms with Gasteiger partial charge in [-0.05, 0) is 50.5 Å². The van der Waals surface area contributed by atoms with Crippen molar-refractivity contribution in [1.29, 1.82) is 0 Å². The highest BCUT2D eigenvalue weighted by molar-refractivity contribution is 7.89. The average molecular weight is 350 g/mol. The lowest BCUT2D eigenvalue weighted by atomic mass is 10.1. The molecule has 0 aromatic heterocycles. The van der Waals surface area contributed by atoms with E-state index < -0.39 is 16.1 Å². The van der Waals surface area contributed by atoms with Crippen LogP contribution in [-0.4, -0.2) is 38.4 Å². The number of amides is 1. The monoisotopic (exact) mass is 350 g/mol. The third kappa shape index (κ3) is 4.79. The van der Waals surface area contributed by atoms with Crippen molar-refractivity contribution in [3.63, 3.8) is 0 Å². The zero-order valence-corrected chi connectivity index (χ0v) is 15.6. The van der Waals surface area contributed by atoms with E-state index in [0.29, 0.717) is 18.7 Å². The molecule has 0 saturated heterocycles. The van der Waals surface area contributed by atoms with Gasteiger partial charge >= 0.3 is 0 Å². The molecule has 0 bridgehead atoms. The second kappa shape index (κ2) is 8.26. The maximum absolute atomic E-state index is 12.6. The summed E-state index contributed by atoms with van der Waals surface area (Å²) in [7, 11) is -3.79. The van der Waals surface area contributed by atoms with E-state index in [9.17, 15) is 13.2 Å². The molecule has 6 heteroatoms. The highest BCUT2D eigenvalue weighted by Crippen LogP contribution is 2.20. The lowest BCUT2D eigenvalue weighted by molar-refractivity contribution is -0.131. The highest BCUT2D eigenvalue weighted by atomic mass is 32.2. The maximum atomic E-state index is 12.6. The number of carbonyl (C=O) groups excluding carboxylic acids is 1. The number of nitrogens with zero attached hydrogens (tertiary/aromatic N) is 1. The van der Waals surface area contributed by atoms with Crippen LogP contribution in [0.15, 0.2) is 42.3 Å². The van der Waals surface area contributed by atoms with Gasteiger partial charge in [0.2, 0.25) is 15.9 Å². The molecule has 0 aliphatic heterocycles. The summed E-state index contributed by atoms with van der Waals surface area (Å²) in [4.78, 5) is 14.1. The first-order chi connectivity index (χ1) is 11.1. The van der Waals surface area contributed by atoms with E-state index in [-0.39, 0.29) is 10.8 Å². The molecule has 0 heterocycles. The Balaban J connectivity index is 3.05. The number of sulfonamides is 1. The quantitative estimate of drug-likeness (QED) is 0.733. The minimum absolute atomic E-state index is 0.198. The Morgan fingerprint density at radius 2 is 1.62 bits per heavy atom. The van der Waals surface area contributed by atoms with Crippen molar-refractivity contribution >= 4 is 15.9 Å². The third-order valence-electron chi connectivity index (χ3n) is 3.79. The van der Waals surface area contributed by atoms with Crippen molar-refractivity contribution in [1.82, 2.24) is 9.62 Å². The predicted octanol–water partition coefficient (Wildman–Crippen LogP) is 2.48. The first-order valence-corrected chi connectivity index (χ1v) is 9.23. The fraction of sp³-hybridized carbons (Fsp3) is 0.389. The standard InChI is InChI=1S/C18H26N2O3S/c1-7-9-20(10-8-2)18(21)16(6)19-24(22,23)17-12-14(4)13(3)11-15(17)5/h7-8,11-12,16,19H,1-2,9-10H2,3-6H3. The van der Waals surface area contributed by atoms with Crippen LogP contribution in [0.5, 0.6) is 0 Å². The molecule has 0 saturated carbocycles. The first kappa shape index (κ1) is 20.1. The van der Waals surface area contributed by atoms with Gasteiger partial charge in [0.1, 0.15) is 0 Å². The fourth-order valence-electron chi connectivity index (χ4n) is 2.41. The minimum atomic E-state index is -3.79. The molecule has 1 N–H and O–H groups in total. The number of carbonyl (C=O) groups is 1. The number of hydrogen-bond acceptors (Lipinski definition) is 3. The van der Waals surface area contributed by atoms with E-state index in [0.717, 1.165) is 11.1 Å². The normalized spacial score (nSPS) is 12.5. The Bertz CT molecular complexity index is 729. The van der Waals surface area contributed by atoms with Crippen LogP contribution in [-0.2, 0) is 14.8 Å². The molecule has 1 unspecified atom stereocenters. The van der Waals surface area contributed by atoms with Crippen LogP contribution in [0.3, 0.4) is 0 Å². The van der Waals surface area contributed by atoms with E-state index in [1.165, 1.54) is 11.8 Å². The molecule has 1 rings (SSSR count). The van der Waals surface area contributed by atoms with Gasteiger partial charge in [-0.15, -0.1) is 13.2 Å². The smallest absolute Gasteiger partial charge is 0.241 e. The number of nitrogens with one attached hydrogen (secondary N) is 1. The molecule has 0 radical (unpaired) electrons. The summed E-state index contributed by atoms with van der Waals surface area (Å²) in [5.41, 5.74) is 2.57. The SMILES string of the molecule is C=CCN(CC=C)C(=O)C(C)NS(=O)(=O)c1cc(C)c(C)cc1C. The lowest BCUT2D eigenvalue weighted by Crippen LogP contribution is -2.47. The molecule has 0 aliphatic rings. The fourth-order valence-corrected chi connectivity index (χ4v) is 3.92. The Morgan fingerprint density at radius 3 is 2.12 bits per heavy atom. The summed E-state index contributed by atoms with van der Waals surface area (Å²) in [6.07, 6.45) is 3.19. The molecular formula is C18H26N2O3S. The van der Waals surface area contributed by atoms with Crippen LogP contribution in [0.4, 0.5) is 0 Å². The van der Waals surface area contributed by atoms with E-state index in [1.54, 1.807) is 25.1 Å². The molecule has 24 heavy (non-hydrogen) atoms. The van der Waals surface area contributed by atoms with Gasteiger partial charge in [-0.1, -0.05) is 18.2 Å². The number of benzene rings is 1. The average Bonchev–Trinajstić information content (AvgIpc) is 2.49. The van der Waals surface area contributed by atoms with Crippen molar-refractivity contribution < 1.29 is 13.2 Å². The van der Waals surface area contributed by atoms with Gasteiger partial charge < -0.3 is 4.90 Å². The van der Waals surface area contributed by atoms with Crippen LogP contribution in [0.25, 0.3) is 0 Å². The molecule has 1 amide bonds. The van der Waals surface area contributed by atoms with Crippen molar-refractivity contribution in [2.75, 3.05) is 13.1 Å². The van der Waals surface area contributed by atoms with Crippen LogP contribution in [0.2, 0.25) is 0 Å². The van der Waals surface area contributed by atoms with Gasteiger partial charge in [0.15, 0.2) is 0 Å². The third-order valence-corrected chi connectivity index (χ3v) is 5.48. The summed E-state index contributed by atoms with van der Waals surface area (Å²) in [5, 5.41) is 0. The van der Waals surface area contributed by atoms with Gasteiger partial charge in [0.25, 0.3) is 0 Å². The number of rotatable bonds is 8. The molecule has 1 aromatic rings. The maximum Gasteiger partial charge on any atom is 0.241 e. The van der Waals surface area contributed by atoms with Gasteiger partial charge in [-0.3, -0.25) is 4.79 Å². The molecule has 0 aliphatic carbocycles. The molecule has 5 nitrogen and oxygen atoms in total. The van der Waals surface area contributed by atoms with E-state index in [2.05, 4.69) is 17.9 Å². The molecule has 1 aromatic carbocycles. The molecule has 0 spiro atoms. The van der Waals surface area contributed by atoms with Gasteiger partial charge in [-0.25, -0.2) is 8.42 Å². The van der Waals surface area contributed by atoms with E-state index >= 15 is 0 Å².